The summed E-state index contributed by atoms with van der Waals surface area (Å²) in [4.78, 5) is 0. The van der Waals surface area contributed by atoms with Gasteiger partial charge in [-0.15, -0.1) is 6.58 Å². The van der Waals surface area contributed by atoms with Gasteiger partial charge < -0.3 is 8.23 Å². The van der Waals surface area contributed by atoms with Crippen LogP contribution in [0.5, 0.6) is 0 Å². The Balaban J connectivity index is 0. The van der Waals surface area contributed by atoms with Crippen LogP contribution in [0.15, 0.2) is 12.7 Å². The van der Waals surface area contributed by atoms with E-state index in [9.17, 15) is 0 Å². The second-order valence-electron chi connectivity index (χ2n) is 2.86. The van der Waals surface area contributed by atoms with Crippen LogP contribution in [0.25, 0.3) is 0 Å². The van der Waals surface area contributed by atoms with E-state index in [4.69, 9.17) is 8.23 Å². The van der Waals surface area contributed by atoms with Crippen LogP contribution >= 0.6 is 0 Å². The highest BCUT2D eigenvalue weighted by Gasteiger charge is 1.93. The molecule has 0 aliphatic heterocycles. The van der Waals surface area contributed by atoms with Crippen molar-refractivity contribution in [3.05, 3.63) is 12.7 Å². The first-order valence-corrected chi connectivity index (χ1v) is 11.1. The van der Waals surface area contributed by atoms with Crippen LogP contribution in [0.1, 0.15) is 0 Å². The van der Waals surface area contributed by atoms with Crippen LogP contribution in [-0.2, 0) is 8.23 Å². The fourth-order valence-electron chi connectivity index (χ4n) is 0.331. The molecule has 0 radical (unpaired) electrons. The topological polar surface area (TPSA) is 18.5 Å². The van der Waals surface area contributed by atoms with Crippen molar-refractivity contribution in [3.8, 4) is 0 Å². The van der Waals surface area contributed by atoms with Gasteiger partial charge in [-0.2, -0.15) is 0 Å². The van der Waals surface area contributed by atoms with Gasteiger partial charge in [0.1, 0.15) is 21.0 Å². The van der Waals surface area contributed by atoms with E-state index in [1.165, 1.54) is 0 Å². The highest BCUT2D eigenvalue weighted by Crippen LogP contribution is 1.89. The second kappa shape index (κ2) is 11.5. The lowest BCUT2D eigenvalue weighted by Crippen LogP contribution is -2.08. The molecule has 1 atom stereocenters. The third-order valence-electron chi connectivity index (χ3n) is 1.37. The van der Waals surface area contributed by atoms with Gasteiger partial charge in [0.2, 0.25) is 0 Å². The third-order valence-corrected chi connectivity index (χ3v) is 9.36. The minimum absolute atomic E-state index is 0.588. The van der Waals surface area contributed by atoms with Gasteiger partial charge in [-0.3, -0.25) is 0 Å². The Labute approximate surface area is 85.9 Å². The minimum atomic E-state index is -0.738. The molecule has 0 heterocycles. The molecule has 0 rings (SSSR count). The van der Waals surface area contributed by atoms with Crippen molar-refractivity contribution in [1.82, 2.24) is 0 Å². The lowest BCUT2D eigenvalue weighted by Gasteiger charge is -2.00. The Kier molecular flexibility index (Phi) is 14.4. The highest BCUT2D eigenvalue weighted by atomic mass is 28.3. The zero-order valence-corrected chi connectivity index (χ0v) is 15.3. The molecule has 0 amide bonds. The molecule has 0 aliphatic carbocycles. The quantitative estimate of drug-likeness (QED) is 0.466. The van der Waals surface area contributed by atoms with E-state index in [1.807, 2.05) is 6.08 Å². The average Bonchev–Trinajstić information content (AvgIpc) is 2.06. The molecule has 0 bridgehead atoms. The van der Waals surface area contributed by atoms with Crippen molar-refractivity contribution < 1.29 is 8.23 Å². The van der Waals surface area contributed by atoms with E-state index in [0.29, 0.717) is 0 Å². The van der Waals surface area contributed by atoms with Crippen LogP contribution in [0.4, 0.5) is 0 Å². The van der Waals surface area contributed by atoms with Crippen LogP contribution in [0.2, 0.25) is 25.7 Å². The molecule has 1 unspecified atom stereocenters. The largest absolute Gasteiger partial charge is 0.466 e. The SMILES string of the molecule is C=CC[SiH](C)O[SiH3].C[SiH](C)O[SiH3]. The van der Waals surface area contributed by atoms with E-state index in [2.05, 4.69) is 26.2 Å². The Morgan fingerprint density at radius 2 is 1.67 bits per heavy atom. The monoisotopic (exact) mass is 238 g/mol. The molecule has 0 aromatic carbocycles. The summed E-state index contributed by atoms with van der Waals surface area (Å²) in [6.07, 6.45) is 1.94. The summed E-state index contributed by atoms with van der Waals surface area (Å²) in [6.45, 7) is 10.2. The van der Waals surface area contributed by atoms with Crippen molar-refractivity contribution in [2.45, 2.75) is 25.7 Å². The average molecular weight is 239 g/mol. The van der Waals surface area contributed by atoms with Crippen molar-refractivity contribution in [3.63, 3.8) is 0 Å². The predicted molar refractivity (Wildman–Crippen MR) is 68.9 cm³/mol. The number of rotatable bonds is 4. The van der Waals surface area contributed by atoms with Gasteiger partial charge in [0.05, 0.1) is 0 Å². The molecule has 0 fully saturated rings. The maximum absolute atomic E-state index is 5.20. The minimum Gasteiger partial charge on any atom is -0.466 e. The summed E-state index contributed by atoms with van der Waals surface area (Å²) in [5.41, 5.74) is 0. The van der Waals surface area contributed by atoms with Crippen molar-refractivity contribution in [2.75, 3.05) is 0 Å². The van der Waals surface area contributed by atoms with Crippen LogP contribution in [-0.4, -0.2) is 39.1 Å². The molecule has 6 heteroatoms. The molecule has 0 aliphatic rings. The summed E-state index contributed by atoms with van der Waals surface area (Å²) < 4.78 is 10.2. The summed E-state index contributed by atoms with van der Waals surface area (Å²) >= 11 is 0. The summed E-state index contributed by atoms with van der Waals surface area (Å²) in [6, 6.07) is 1.11. The molecule has 0 aromatic rings. The van der Waals surface area contributed by atoms with E-state index in [0.717, 1.165) is 27.0 Å². The van der Waals surface area contributed by atoms with Crippen LogP contribution in [0, 0.1) is 0 Å². The van der Waals surface area contributed by atoms with Gasteiger partial charge in [-0.05, 0) is 25.7 Å². The first-order chi connectivity index (χ1) is 5.58. The van der Waals surface area contributed by atoms with E-state index < -0.39 is 18.1 Å². The van der Waals surface area contributed by atoms with E-state index >= 15 is 0 Å². The molecule has 0 saturated carbocycles. The lowest BCUT2D eigenvalue weighted by molar-refractivity contribution is 0.642. The number of hydrogen-bond acceptors (Lipinski definition) is 2. The van der Waals surface area contributed by atoms with Gasteiger partial charge in [-0.25, -0.2) is 0 Å². The lowest BCUT2D eigenvalue weighted by atomic mass is 10.8. The van der Waals surface area contributed by atoms with Gasteiger partial charge in [-0.1, -0.05) is 6.08 Å². The molecule has 0 aromatic heterocycles. The van der Waals surface area contributed by atoms with E-state index in [-0.39, 0.29) is 0 Å². The van der Waals surface area contributed by atoms with Crippen molar-refractivity contribution in [2.24, 2.45) is 0 Å². The molecule has 12 heavy (non-hydrogen) atoms. The maximum Gasteiger partial charge on any atom is 0.162 e. The summed E-state index contributed by atoms with van der Waals surface area (Å²) in [5.74, 6) is 0. The van der Waals surface area contributed by atoms with Gasteiger partial charge in [0.15, 0.2) is 18.1 Å². The standard InChI is InChI=1S/C4H12OSi2.C2H10OSi2/c1-3-4-7(2)5-6;1-5(2)3-4/h3,7H,1,4H2,2,6H3;5H,1-2,4H3. The molecule has 0 saturated heterocycles. The normalized spacial score (nSPS) is 12.3. The van der Waals surface area contributed by atoms with Crippen LogP contribution < -0.4 is 0 Å². The Hall–Kier alpha value is 0.528. The molecular formula is C6H22O2Si4. The van der Waals surface area contributed by atoms with Gasteiger partial charge in [0, 0.05) is 0 Å². The second-order valence-corrected chi connectivity index (χ2v) is 10.8. The fraction of sp³-hybridized carbons (Fsp3) is 0.667. The fourth-order valence-corrected chi connectivity index (χ4v) is 1.57. The number of hydrogen-bond donors (Lipinski definition) is 0. The maximum atomic E-state index is 5.20. The molecular weight excluding hydrogens is 216 g/mol. The molecule has 0 spiro atoms. The number of allylic oxidation sites excluding steroid dienone is 1. The highest BCUT2D eigenvalue weighted by molar-refractivity contribution is 6.54. The first kappa shape index (κ1) is 15.0. The van der Waals surface area contributed by atoms with E-state index in [1.54, 1.807) is 0 Å². The van der Waals surface area contributed by atoms with Gasteiger partial charge >= 0.3 is 0 Å². The first-order valence-electron chi connectivity index (χ1n) is 4.24. The Morgan fingerprint density at radius 3 is 1.75 bits per heavy atom. The zero-order chi connectivity index (χ0) is 9.98. The zero-order valence-electron chi connectivity index (χ0n) is 8.96. The molecule has 74 valence electrons. The van der Waals surface area contributed by atoms with Crippen molar-refractivity contribution >= 4 is 39.1 Å². The smallest absolute Gasteiger partial charge is 0.162 e. The summed E-state index contributed by atoms with van der Waals surface area (Å²) in [7, 11) is 0.511. The third kappa shape index (κ3) is 16.9. The predicted octanol–water partition coefficient (Wildman–Crippen LogP) is -0.910. The summed E-state index contributed by atoms with van der Waals surface area (Å²) in [5, 5.41) is 0. The Bertz CT molecular complexity index is 99.5. The van der Waals surface area contributed by atoms with Gasteiger partial charge in [0.25, 0.3) is 0 Å². The van der Waals surface area contributed by atoms with Crippen molar-refractivity contribution in [1.29, 1.82) is 0 Å². The molecule has 2 nitrogen and oxygen atoms in total. The Morgan fingerprint density at radius 1 is 1.25 bits per heavy atom. The van der Waals surface area contributed by atoms with Crippen LogP contribution in [0.3, 0.4) is 0 Å². The molecule has 0 N–H and O–H groups in total.